The van der Waals surface area contributed by atoms with Crippen molar-refractivity contribution in [2.75, 3.05) is 0 Å². The fraction of sp³-hybridized carbons (Fsp3) is 0.444. The zero-order valence-electron chi connectivity index (χ0n) is 6.56. The lowest BCUT2D eigenvalue weighted by Crippen LogP contribution is -2.11. The Morgan fingerprint density at radius 2 is 2.42 bits per heavy atom. The number of rotatable bonds is 3. The molecule has 2 rings (SSSR count). The van der Waals surface area contributed by atoms with Crippen LogP contribution < -0.4 is 0 Å². The van der Waals surface area contributed by atoms with Crippen LogP contribution >= 0.6 is 11.3 Å². The van der Waals surface area contributed by atoms with Gasteiger partial charge in [0.15, 0.2) is 0 Å². The van der Waals surface area contributed by atoms with Gasteiger partial charge >= 0.3 is 5.97 Å². The molecule has 1 fully saturated rings. The molecule has 0 aliphatic heterocycles. The quantitative estimate of drug-likeness (QED) is 0.779. The molecule has 0 bridgehead atoms. The lowest BCUT2D eigenvalue weighted by Gasteiger charge is -2.07. The average Bonchev–Trinajstić information content (AvgIpc) is 2.65. The van der Waals surface area contributed by atoms with E-state index in [1.807, 2.05) is 17.5 Å². The molecule has 0 amide bonds. The molecule has 1 aromatic heterocycles. The molecule has 0 radical (unpaired) electrons. The predicted molar refractivity (Wildman–Crippen MR) is 47.4 cm³/mol. The first-order valence-corrected chi connectivity index (χ1v) is 4.93. The molecule has 2 nitrogen and oxygen atoms in total. The number of carboxylic acid groups (broad SMARTS) is 1. The van der Waals surface area contributed by atoms with E-state index in [9.17, 15) is 4.79 Å². The smallest absolute Gasteiger partial charge is 0.312 e. The minimum atomic E-state index is -0.667. The van der Waals surface area contributed by atoms with E-state index in [0.717, 1.165) is 17.7 Å². The van der Waals surface area contributed by atoms with Crippen molar-refractivity contribution in [2.45, 2.75) is 18.8 Å². The molecule has 1 heterocycles. The Kier molecular flexibility index (Phi) is 1.89. The Labute approximate surface area is 74.8 Å². The van der Waals surface area contributed by atoms with Gasteiger partial charge in [-0.3, -0.25) is 4.79 Å². The van der Waals surface area contributed by atoms with E-state index in [2.05, 4.69) is 0 Å². The number of hydrogen-bond acceptors (Lipinski definition) is 2. The van der Waals surface area contributed by atoms with Gasteiger partial charge in [-0.25, -0.2) is 0 Å². The van der Waals surface area contributed by atoms with Crippen LogP contribution in [-0.2, 0) is 4.79 Å². The molecular formula is C9H10O2S. The highest BCUT2D eigenvalue weighted by atomic mass is 32.1. The number of carboxylic acids is 1. The summed E-state index contributed by atoms with van der Waals surface area (Å²) >= 11 is 1.55. The van der Waals surface area contributed by atoms with Gasteiger partial charge in [-0.1, -0.05) is 6.07 Å². The van der Waals surface area contributed by atoms with Crippen LogP contribution in [0, 0.1) is 5.92 Å². The minimum absolute atomic E-state index is 0.231. The molecule has 64 valence electrons. The zero-order chi connectivity index (χ0) is 8.55. The largest absolute Gasteiger partial charge is 0.481 e. The van der Waals surface area contributed by atoms with E-state index in [1.165, 1.54) is 0 Å². The molecule has 1 N–H and O–H groups in total. The van der Waals surface area contributed by atoms with Crippen molar-refractivity contribution >= 4 is 17.3 Å². The van der Waals surface area contributed by atoms with Crippen LogP contribution in [-0.4, -0.2) is 11.1 Å². The molecular weight excluding hydrogens is 172 g/mol. The van der Waals surface area contributed by atoms with Gasteiger partial charge in [0.1, 0.15) is 0 Å². The molecule has 1 aliphatic carbocycles. The van der Waals surface area contributed by atoms with E-state index in [4.69, 9.17) is 5.11 Å². The maximum atomic E-state index is 10.9. The number of thiophene rings is 1. The summed E-state index contributed by atoms with van der Waals surface area (Å²) in [6, 6.07) is 3.83. The Balaban J connectivity index is 2.21. The molecule has 1 aliphatic rings. The highest BCUT2D eigenvalue weighted by Gasteiger charge is 2.37. The maximum Gasteiger partial charge on any atom is 0.312 e. The number of aliphatic carboxylic acids is 1. The van der Waals surface area contributed by atoms with Crippen molar-refractivity contribution < 1.29 is 9.90 Å². The Bertz CT molecular complexity index is 275. The number of hydrogen-bond donors (Lipinski definition) is 1. The first kappa shape index (κ1) is 7.80. The summed E-state index contributed by atoms with van der Waals surface area (Å²) in [5.74, 6) is -0.494. The molecule has 0 spiro atoms. The summed E-state index contributed by atoms with van der Waals surface area (Å²) in [5.41, 5.74) is 0. The minimum Gasteiger partial charge on any atom is -0.481 e. The molecule has 0 saturated heterocycles. The van der Waals surface area contributed by atoms with E-state index < -0.39 is 5.97 Å². The fourth-order valence-corrected chi connectivity index (χ4v) is 2.36. The highest BCUT2D eigenvalue weighted by Crippen LogP contribution is 2.43. The first-order chi connectivity index (χ1) is 5.79. The van der Waals surface area contributed by atoms with Crippen molar-refractivity contribution in [2.24, 2.45) is 5.92 Å². The second kappa shape index (κ2) is 2.90. The standard InChI is InChI=1S/C9H10O2S/c10-9(11)8(6-3-4-6)7-2-1-5-12-7/h1-2,5-6,8H,3-4H2,(H,10,11). The fourth-order valence-electron chi connectivity index (χ4n) is 1.45. The lowest BCUT2D eigenvalue weighted by molar-refractivity contribution is -0.139. The van der Waals surface area contributed by atoms with Gasteiger partial charge in [-0.2, -0.15) is 0 Å². The van der Waals surface area contributed by atoms with Crippen molar-refractivity contribution in [1.29, 1.82) is 0 Å². The molecule has 0 aromatic carbocycles. The van der Waals surface area contributed by atoms with Gasteiger partial charge in [0.05, 0.1) is 5.92 Å². The monoisotopic (exact) mass is 182 g/mol. The van der Waals surface area contributed by atoms with Crippen molar-refractivity contribution in [3.05, 3.63) is 22.4 Å². The predicted octanol–water partition coefficient (Wildman–Crippen LogP) is 2.33. The van der Waals surface area contributed by atoms with Gasteiger partial charge in [0.25, 0.3) is 0 Å². The Hall–Kier alpha value is -0.830. The molecule has 1 aromatic rings. The van der Waals surface area contributed by atoms with Crippen LogP contribution in [0.3, 0.4) is 0 Å². The third-order valence-corrected chi connectivity index (χ3v) is 3.16. The molecule has 3 heteroatoms. The summed E-state index contributed by atoms with van der Waals surface area (Å²) < 4.78 is 0. The lowest BCUT2D eigenvalue weighted by atomic mass is 10.0. The summed E-state index contributed by atoms with van der Waals surface area (Å²) in [6.07, 6.45) is 2.16. The summed E-state index contributed by atoms with van der Waals surface area (Å²) in [6.45, 7) is 0. The zero-order valence-corrected chi connectivity index (χ0v) is 7.38. The summed E-state index contributed by atoms with van der Waals surface area (Å²) in [5, 5.41) is 10.9. The van der Waals surface area contributed by atoms with Crippen LogP contribution in [0.2, 0.25) is 0 Å². The SMILES string of the molecule is O=C(O)C(c1cccs1)C1CC1. The van der Waals surface area contributed by atoms with Gasteiger partial charge in [0.2, 0.25) is 0 Å². The first-order valence-electron chi connectivity index (χ1n) is 4.05. The van der Waals surface area contributed by atoms with Crippen molar-refractivity contribution in [1.82, 2.24) is 0 Å². The average molecular weight is 182 g/mol. The van der Waals surface area contributed by atoms with Gasteiger partial charge in [-0.05, 0) is 30.2 Å². The topological polar surface area (TPSA) is 37.3 Å². The molecule has 12 heavy (non-hydrogen) atoms. The van der Waals surface area contributed by atoms with E-state index >= 15 is 0 Å². The van der Waals surface area contributed by atoms with Crippen molar-refractivity contribution in [3.63, 3.8) is 0 Å². The van der Waals surface area contributed by atoms with E-state index in [1.54, 1.807) is 11.3 Å². The summed E-state index contributed by atoms with van der Waals surface area (Å²) in [4.78, 5) is 11.9. The normalized spacial score (nSPS) is 19.0. The van der Waals surface area contributed by atoms with E-state index in [0.29, 0.717) is 5.92 Å². The van der Waals surface area contributed by atoms with Gasteiger partial charge in [0, 0.05) is 4.88 Å². The van der Waals surface area contributed by atoms with Crippen LogP contribution in [0.25, 0.3) is 0 Å². The van der Waals surface area contributed by atoms with Crippen LogP contribution in [0.15, 0.2) is 17.5 Å². The Morgan fingerprint density at radius 1 is 1.67 bits per heavy atom. The molecule has 1 unspecified atom stereocenters. The second-order valence-corrected chi connectivity index (χ2v) is 4.15. The second-order valence-electron chi connectivity index (χ2n) is 3.17. The van der Waals surface area contributed by atoms with Gasteiger partial charge in [-0.15, -0.1) is 11.3 Å². The van der Waals surface area contributed by atoms with E-state index in [-0.39, 0.29) is 5.92 Å². The molecule has 1 saturated carbocycles. The van der Waals surface area contributed by atoms with Crippen molar-refractivity contribution in [3.8, 4) is 0 Å². The third-order valence-electron chi connectivity index (χ3n) is 2.21. The Morgan fingerprint density at radius 3 is 2.83 bits per heavy atom. The van der Waals surface area contributed by atoms with Crippen LogP contribution in [0.5, 0.6) is 0 Å². The van der Waals surface area contributed by atoms with Crippen LogP contribution in [0.1, 0.15) is 23.6 Å². The molecule has 1 atom stereocenters. The maximum absolute atomic E-state index is 10.9. The number of carbonyl (C=O) groups is 1. The van der Waals surface area contributed by atoms with Gasteiger partial charge < -0.3 is 5.11 Å². The highest BCUT2D eigenvalue weighted by molar-refractivity contribution is 7.10. The van der Waals surface area contributed by atoms with Crippen LogP contribution in [0.4, 0.5) is 0 Å². The summed E-state index contributed by atoms with van der Waals surface area (Å²) in [7, 11) is 0. The third kappa shape index (κ3) is 1.37.